The largest absolute Gasteiger partial charge is 0.497 e. The zero-order valence-electron chi connectivity index (χ0n) is 14.5. The molecule has 0 aliphatic rings. The highest BCUT2D eigenvalue weighted by Crippen LogP contribution is 2.32. The van der Waals surface area contributed by atoms with Crippen molar-refractivity contribution in [1.29, 1.82) is 0 Å². The van der Waals surface area contributed by atoms with Crippen LogP contribution in [0.25, 0.3) is 16.3 Å². The summed E-state index contributed by atoms with van der Waals surface area (Å²) in [7, 11) is 1.66. The maximum absolute atomic E-state index is 5.22. The smallest absolute Gasteiger partial charge is 0.234 e. The maximum atomic E-state index is 5.22. The topological polar surface area (TPSA) is 52.3 Å². The first-order valence-electron chi connectivity index (χ1n) is 8.21. The summed E-state index contributed by atoms with van der Waals surface area (Å²) in [5.74, 6) is 1.85. The van der Waals surface area contributed by atoms with Gasteiger partial charge in [-0.15, -0.1) is 22.6 Å². The van der Waals surface area contributed by atoms with E-state index < -0.39 is 0 Å². The minimum absolute atomic E-state index is 0. The molecule has 5 nitrogen and oxygen atoms in total. The number of nitrogens with zero attached hydrogens (tertiary/aromatic N) is 4. The summed E-state index contributed by atoms with van der Waals surface area (Å²) >= 11 is 1.60. The molecular weight excluding hydrogens is 368 g/mol. The Kier molecular flexibility index (Phi) is 5.54. The van der Waals surface area contributed by atoms with E-state index in [1.165, 1.54) is 5.56 Å². The Morgan fingerprint density at radius 2 is 1.77 bits per heavy atom. The molecule has 4 rings (SSSR count). The van der Waals surface area contributed by atoms with Gasteiger partial charge in [-0.25, -0.2) is 0 Å². The van der Waals surface area contributed by atoms with Gasteiger partial charge in [0.2, 0.25) is 4.96 Å². The van der Waals surface area contributed by atoms with E-state index in [0.717, 1.165) is 33.5 Å². The number of hydrogen-bond donors (Lipinski definition) is 0. The standard InChI is InChI=1S/C19H18N4OS.ClH/c1-3-16(13-7-5-4-6-8-13)18-22-23-17(20-21-19(23)25-18)14-9-11-15(24-2)12-10-14;/h4-12,16H,3H2,1-2H3;1H. The molecule has 2 aromatic carbocycles. The minimum Gasteiger partial charge on any atom is -0.497 e. The van der Waals surface area contributed by atoms with Gasteiger partial charge in [0.15, 0.2) is 5.82 Å². The molecule has 0 saturated heterocycles. The third-order valence-corrected chi connectivity index (χ3v) is 5.28. The second-order valence-electron chi connectivity index (χ2n) is 5.76. The average molecular weight is 387 g/mol. The Balaban J connectivity index is 0.00000196. The van der Waals surface area contributed by atoms with Crippen LogP contribution in [0.3, 0.4) is 0 Å². The van der Waals surface area contributed by atoms with Crippen LogP contribution < -0.4 is 4.74 Å². The number of halogens is 1. The average Bonchev–Trinajstić information content (AvgIpc) is 3.24. The van der Waals surface area contributed by atoms with Gasteiger partial charge in [0, 0.05) is 11.5 Å². The summed E-state index contributed by atoms with van der Waals surface area (Å²) in [5.41, 5.74) is 2.25. The number of ether oxygens (including phenoxy) is 1. The third-order valence-electron chi connectivity index (χ3n) is 4.26. The van der Waals surface area contributed by atoms with Crippen molar-refractivity contribution < 1.29 is 4.74 Å². The molecular formula is C19H19ClN4OS. The van der Waals surface area contributed by atoms with Crippen molar-refractivity contribution in [2.24, 2.45) is 0 Å². The quantitative estimate of drug-likeness (QED) is 0.493. The molecule has 1 atom stereocenters. The number of aromatic nitrogens is 4. The fourth-order valence-electron chi connectivity index (χ4n) is 2.93. The van der Waals surface area contributed by atoms with E-state index in [-0.39, 0.29) is 18.3 Å². The van der Waals surface area contributed by atoms with Gasteiger partial charge in [0.25, 0.3) is 0 Å². The highest BCUT2D eigenvalue weighted by molar-refractivity contribution is 7.16. The second kappa shape index (κ2) is 7.85. The van der Waals surface area contributed by atoms with Crippen LogP contribution in [0.1, 0.15) is 29.8 Å². The van der Waals surface area contributed by atoms with E-state index in [2.05, 4.69) is 41.4 Å². The highest BCUT2D eigenvalue weighted by Gasteiger charge is 2.20. The highest BCUT2D eigenvalue weighted by atomic mass is 35.5. The van der Waals surface area contributed by atoms with Crippen molar-refractivity contribution >= 4 is 28.7 Å². The molecule has 0 aliphatic heterocycles. The van der Waals surface area contributed by atoms with Gasteiger partial charge in [0.1, 0.15) is 10.8 Å². The van der Waals surface area contributed by atoms with Crippen molar-refractivity contribution in [2.75, 3.05) is 7.11 Å². The molecule has 1 unspecified atom stereocenters. The maximum Gasteiger partial charge on any atom is 0.234 e. The SMILES string of the molecule is CCC(c1ccccc1)c1nn2c(-c3ccc(OC)cc3)nnc2s1.Cl. The first-order valence-corrected chi connectivity index (χ1v) is 9.03. The number of hydrogen-bond acceptors (Lipinski definition) is 5. The first kappa shape index (κ1) is 18.4. The van der Waals surface area contributed by atoms with Crippen LogP contribution in [0.5, 0.6) is 5.75 Å². The molecule has 0 spiro atoms. The Morgan fingerprint density at radius 3 is 2.42 bits per heavy atom. The zero-order valence-corrected chi connectivity index (χ0v) is 16.1. The predicted molar refractivity (Wildman–Crippen MR) is 106 cm³/mol. The predicted octanol–water partition coefficient (Wildman–Crippen LogP) is 4.83. The number of rotatable bonds is 5. The molecule has 0 N–H and O–H groups in total. The summed E-state index contributed by atoms with van der Waals surface area (Å²) in [6.07, 6.45) is 0.992. The minimum atomic E-state index is 0. The van der Waals surface area contributed by atoms with Crippen molar-refractivity contribution in [3.63, 3.8) is 0 Å². The van der Waals surface area contributed by atoms with Gasteiger partial charge in [-0.1, -0.05) is 48.6 Å². The molecule has 4 aromatic rings. The molecule has 7 heteroatoms. The lowest BCUT2D eigenvalue weighted by Gasteiger charge is -2.11. The molecule has 0 amide bonds. The lowest BCUT2D eigenvalue weighted by atomic mass is 9.97. The van der Waals surface area contributed by atoms with E-state index in [9.17, 15) is 0 Å². The van der Waals surface area contributed by atoms with Crippen LogP contribution in [0.4, 0.5) is 0 Å². The first-order chi connectivity index (χ1) is 12.3. The normalized spacial score (nSPS) is 11.9. The third kappa shape index (κ3) is 3.30. The monoisotopic (exact) mass is 386 g/mol. The molecule has 0 bridgehead atoms. The molecule has 0 saturated carbocycles. The summed E-state index contributed by atoms with van der Waals surface area (Å²) in [4.78, 5) is 0.815. The molecule has 2 heterocycles. The molecule has 26 heavy (non-hydrogen) atoms. The summed E-state index contributed by atoms with van der Waals surface area (Å²) in [6, 6.07) is 18.3. The van der Waals surface area contributed by atoms with E-state index >= 15 is 0 Å². The van der Waals surface area contributed by atoms with Crippen molar-refractivity contribution in [3.05, 3.63) is 65.2 Å². The van der Waals surface area contributed by atoms with Gasteiger partial charge in [0.05, 0.1) is 7.11 Å². The lowest BCUT2D eigenvalue weighted by Crippen LogP contribution is -2.01. The van der Waals surface area contributed by atoms with Gasteiger partial charge < -0.3 is 4.74 Å². The lowest BCUT2D eigenvalue weighted by molar-refractivity contribution is 0.415. The summed E-state index contributed by atoms with van der Waals surface area (Å²) in [6.45, 7) is 2.18. The zero-order chi connectivity index (χ0) is 17.2. The van der Waals surface area contributed by atoms with Crippen molar-refractivity contribution in [1.82, 2.24) is 19.8 Å². The fourth-order valence-corrected chi connectivity index (χ4v) is 3.98. The summed E-state index contributed by atoms with van der Waals surface area (Å²) in [5, 5.41) is 14.5. The molecule has 0 fully saturated rings. The number of fused-ring (bicyclic) bond motifs is 1. The van der Waals surface area contributed by atoms with Crippen molar-refractivity contribution in [2.45, 2.75) is 19.3 Å². The molecule has 0 radical (unpaired) electrons. The Labute approximate surface area is 162 Å². The van der Waals surface area contributed by atoms with Crippen LogP contribution in [0.15, 0.2) is 54.6 Å². The Morgan fingerprint density at radius 1 is 1.04 bits per heavy atom. The van der Waals surface area contributed by atoms with Crippen LogP contribution in [0.2, 0.25) is 0 Å². The fraction of sp³-hybridized carbons (Fsp3) is 0.211. The van der Waals surface area contributed by atoms with Gasteiger partial charge in [-0.3, -0.25) is 0 Å². The van der Waals surface area contributed by atoms with Crippen LogP contribution >= 0.6 is 23.7 Å². The van der Waals surface area contributed by atoms with Gasteiger partial charge in [-0.05, 0) is 36.2 Å². The van der Waals surface area contributed by atoms with Crippen LogP contribution in [-0.4, -0.2) is 26.9 Å². The second-order valence-corrected chi connectivity index (χ2v) is 6.75. The van der Waals surface area contributed by atoms with Crippen LogP contribution in [0, 0.1) is 0 Å². The van der Waals surface area contributed by atoms with E-state index in [0.29, 0.717) is 0 Å². The molecule has 134 valence electrons. The van der Waals surface area contributed by atoms with Gasteiger partial charge >= 0.3 is 0 Å². The van der Waals surface area contributed by atoms with Gasteiger partial charge in [-0.2, -0.15) is 9.61 Å². The Bertz CT molecular complexity index is 982. The van der Waals surface area contributed by atoms with E-state index in [1.807, 2.05) is 34.8 Å². The Hall–Kier alpha value is -2.44. The van der Waals surface area contributed by atoms with E-state index in [1.54, 1.807) is 18.4 Å². The van der Waals surface area contributed by atoms with Crippen LogP contribution in [-0.2, 0) is 0 Å². The van der Waals surface area contributed by atoms with E-state index in [4.69, 9.17) is 9.84 Å². The number of methoxy groups -OCH3 is 1. The molecule has 2 aromatic heterocycles. The molecule has 0 aliphatic carbocycles. The van der Waals surface area contributed by atoms with Crippen molar-refractivity contribution in [3.8, 4) is 17.1 Å². The number of benzene rings is 2. The summed E-state index contributed by atoms with van der Waals surface area (Å²) < 4.78 is 7.06.